The molecule has 0 spiro atoms. The van der Waals surface area contributed by atoms with Crippen molar-refractivity contribution in [2.45, 2.75) is 39.4 Å². The fraction of sp³-hybridized carbons (Fsp3) is 0.481. The molecule has 2 aliphatic rings. The van der Waals surface area contributed by atoms with Gasteiger partial charge in [-0.05, 0) is 53.4 Å². The standard InChI is InChI=1S/C27H36N4O3/c1-19(2)24-15-21(8-9-25(24)34-27(33)28(3)4)26(32)31-17-22-7-6-20(14-23(22)18-31)16-30-12-10-29(5)11-13-30/h6-9,14-15,19H,10-13,16-18H2,1-5H3. The summed E-state index contributed by atoms with van der Waals surface area (Å²) in [6, 6.07) is 12.0. The van der Waals surface area contributed by atoms with Crippen LogP contribution in [-0.4, -0.2) is 78.9 Å². The van der Waals surface area contributed by atoms with Crippen molar-refractivity contribution in [1.82, 2.24) is 19.6 Å². The fourth-order valence-corrected chi connectivity index (χ4v) is 4.55. The lowest BCUT2D eigenvalue weighted by Gasteiger charge is -2.32. The van der Waals surface area contributed by atoms with E-state index in [1.165, 1.54) is 21.6 Å². The molecule has 7 nitrogen and oxygen atoms in total. The molecule has 0 unspecified atom stereocenters. The minimum absolute atomic E-state index is 0.00389. The lowest BCUT2D eigenvalue weighted by molar-refractivity contribution is 0.0751. The highest BCUT2D eigenvalue weighted by Crippen LogP contribution is 2.31. The lowest BCUT2D eigenvalue weighted by atomic mass is 9.99. The smallest absolute Gasteiger partial charge is 0.410 e. The van der Waals surface area contributed by atoms with Crippen molar-refractivity contribution in [1.29, 1.82) is 0 Å². The van der Waals surface area contributed by atoms with E-state index in [-0.39, 0.29) is 11.8 Å². The van der Waals surface area contributed by atoms with Crippen molar-refractivity contribution in [2.24, 2.45) is 0 Å². The number of piperazine rings is 1. The summed E-state index contributed by atoms with van der Waals surface area (Å²) in [6.45, 7) is 10.7. The summed E-state index contributed by atoms with van der Waals surface area (Å²) in [7, 11) is 5.47. The maximum Gasteiger partial charge on any atom is 0.414 e. The maximum atomic E-state index is 13.4. The van der Waals surface area contributed by atoms with E-state index in [0.29, 0.717) is 24.4 Å². The highest BCUT2D eigenvalue weighted by atomic mass is 16.6. The SMILES string of the molecule is CC(C)c1cc(C(=O)N2Cc3ccc(CN4CCN(C)CC4)cc3C2)ccc1OC(=O)N(C)C. The van der Waals surface area contributed by atoms with Crippen molar-refractivity contribution in [3.63, 3.8) is 0 Å². The number of benzene rings is 2. The minimum atomic E-state index is -0.427. The molecule has 34 heavy (non-hydrogen) atoms. The predicted octanol–water partition coefficient (Wildman–Crippen LogP) is 3.77. The molecule has 0 N–H and O–H groups in total. The molecule has 7 heteroatoms. The molecule has 2 heterocycles. The molecule has 1 saturated heterocycles. The van der Waals surface area contributed by atoms with E-state index in [1.54, 1.807) is 26.2 Å². The molecular formula is C27H36N4O3. The van der Waals surface area contributed by atoms with Crippen molar-refractivity contribution in [2.75, 3.05) is 47.3 Å². The van der Waals surface area contributed by atoms with Gasteiger partial charge in [-0.15, -0.1) is 0 Å². The van der Waals surface area contributed by atoms with Gasteiger partial charge in [-0.1, -0.05) is 32.0 Å². The van der Waals surface area contributed by atoms with Crippen molar-refractivity contribution in [3.8, 4) is 5.75 Å². The Morgan fingerprint density at radius 2 is 1.68 bits per heavy atom. The Morgan fingerprint density at radius 3 is 2.35 bits per heavy atom. The highest BCUT2D eigenvalue weighted by molar-refractivity contribution is 5.95. The number of hydrogen-bond donors (Lipinski definition) is 0. The van der Waals surface area contributed by atoms with Gasteiger partial charge in [-0.2, -0.15) is 0 Å². The van der Waals surface area contributed by atoms with E-state index in [4.69, 9.17) is 4.74 Å². The molecule has 2 aliphatic heterocycles. The van der Waals surface area contributed by atoms with Crippen LogP contribution in [0.4, 0.5) is 4.79 Å². The quantitative estimate of drug-likeness (QED) is 0.674. The first-order valence-corrected chi connectivity index (χ1v) is 12.0. The average Bonchev–Trinajstić information content (AvgIpc) is 3.23. The summed E-state index contributed by atoms with van der Waals surface area (Å²) in [6.07, 6.45) is -0.427. The number of nitrogens with zero attached hydrogens (tertiary/aromatic N) is 4. The van der Waals surface area contributed by atoms with Crippen LogP contribution < -0.4 is 4.74 Å². The second-order valence-electron chi connectivity index (χ2n) is 10.0. The number of ether oxygens (including phenoxy) is 1. The normalized spacial score (nSPS) is 16.6. The number of carbonyl (C=O) groups is 2. The van der Waals surface area contributed by atoms with Crippen LogP contribution in [0.2, 0.25) is 0 Å². The number of hydrogen-bond acceptors (Lipinski definition) is 5. The van der Waals surface area contributed by atoms with Gasteiger partial charge < -0.3 is 19.4 Å². The monoisotopic (exact) mass is 464 g/mol. The topological polar surface area (TPSA) is 56.3 Å². The van der Waals surface area contributed by atoms with Crippen LogP contribution in [0.5, 0.6) is 5.75 Å². The maximum absolute atomic E-state index is 13.4. The second kappa shape index (κ2) is 10.2. The van der Waals surface area contributed by atoms with Crippen LogP contribution in [0.15, 0.2) is 36.4 Å². The summed E-state index contributed by atoms with van der Waals surface area (Å²) in [4.78, 5) is 33.5. The molecule has 0 atom stereocenters. The van der Waals surface area contributed by atoms with Gasteiger partial charge in [0, 0.05) is 65.5 Å². The molecule has 4 rings (SSSR count). The third kappa shape index (κ3) is 5.42. The van der Waals surface area contributed by atoms with Gasteiger partial charge in [0.1, 0.15) is 5.75 Å². The van der Waals surface area contributed by atoms with E-state index in [9.17, 15) is 9.59 Å². The Kier molecular flexibility index (Phi) is 7.24. The third-order valence-corrected chi connectivity index (χ3v) is 6.72. The second-order valence-corrected chi connectivity index (χ2v) is 10.0. The first-order valence-electron chi connectivity index (χ1n) is 12.0. The molecule has 182 valence electrons. The number of amides is 2. The van der Waals surface area contributed by atoms with E-state index in [2.05, 4.69) is 35.0 Å². The largest absolute Gasteiger partial charge is 0.414 e. The van der Waals surface area contributed by atoms with Gasteiger partial charge in [0.15, 0.2) is 0 Å². The Hall–Kier alpha value is -2.90. The van der Waals surface area contributed by atoms with Crippen LogP contribution >= 0.6 is 0 Å². The van der Waals surface area contributed by atoms with Crippen LogP contribution in [0.3, 0.4) is 0 Å². The molecule has 1 fully saturated rings. The van der Waals surface area contributed by atoms with Gasteiger partial charge in [-0.25, -0.2) is 4.79 Å². The number of fused-ring (bicyclic) bond motifs is 1. The van der Waals surface area contributed by atoms with E-state index in [1.807, 2.05) is 24.8 Å². The number of likely N-dealkylation sites (N-methyl/N-ethyl adjacent to an activating group) is 1. The molecule has 2 aromatic rings. The fourth-order valence-electron chi connectivity index (χ4n) is 4.55. The van der Waals surface area contributed by atoms with Gasteiger partial charge in [0.25, 0.3) is 5.91 Å². The Bertz CT molecular complexity index is 1060. The van der Waals surface area contributed by atoms with Gasteiger partial charge in [0.2, 0.25) is 0 Å². The molecule has 0 aromatic heterocycles. The molecular weight excluding hydrogens is 428 g/mol. The molecule has 0 radical (unpaired) electrons. The zero-order chi connectivity index (χ0) is 24.4. The van der Waals surface area contributed by atoms with E-state index < -0.39 is 6.09 Å². The zero-order valence-electron chi connectivity index (χ0n) is 21.0. The van der Waals surface area contributed by atoms with Crippen molar-refractivity contribution < 1.29 is 14.3 Å². The molecule has 2 amide bonds. The van der Waals surface area contributed by atoms with Crippen LogP contribution in [0, 0.1) is 0 Å². The Labute approximate surface area is 202 Å². The number of rotatable bonds is 5. The molecule has 0 aliphatic carbocycles. The lowest BCUT2D eigenvalue weighted by Crippen LogP contribution is -2.43. The Morgan fingerprint density at radius 1 is 0.971 bits per heavy atom. The molecule has 2 aromatic carbocycles. The average molecular weight is 465 g/mol. The summed E-state index contributed by atoms with van der Waals surface area (Å²) in [5.41, 5.74) is 5.24. The third-order valence-electron chi connectivity index (χ3n) is 6.72. The highest BCUT2D eigenvalue weighted by Gasteiger charge is 2.26. The first-order chi connectivity index (χ1) is 16.2. The molecule has 0 bridgehead atoms. The van der Waals surface area contributed by atoms with Crippen molar-refractivity contribution in [3.05, 3.63) is 64.2 Å². The van der Waals surface area contributed by atoms with Gasteiger partial charge in [-0.3, -0.25) is 9.69 Å². The first kappa shape index (κ1) is 24.2. The van der Waals surface area contributed by atoms with Crippen LogP contribution in [-0.2, 0) is 19.6 Å². The predicted molar refractivity (Wildman–Crippen MR) is 133 cm³/mol. The van der Waals surface area contributed by atoms with E-state index in [0.717, 1.165) is 38.3 Å². The van der Waals surface area contributed by atoms with Crippen LogP contribution in [0.1, 0.15) is 52.4 Å². The van der Waals surface area contributed by atoms with E-state index >= 15 is 0 Å². The number of carbonyl (C=O) groups excluding carboxylic acids is 2. The summed E-state index contributed by atoms with van der Waals surface area (Å²) in [5.74, 6) is 0.623. The summed E-state index contributed by atoms with van der Waals surface area (Å²) >= 11 is 0. The van der Waals surface area contributed by atoms with Gasteiger partial charge >= 0.3 is 6.09 Å². The summed E-state index contributed by atoms with van der Waals surface area (Å²) in [5, 5.41) is 0. The van der Waals surface area contributed by atoms with Gasteiger partial charge in [0.05, 0.1) is 0 Å². The zero-order valence-corrected chi connectivity index (χ0v) is 21.0. The van der Waals surface area contributed by atoms with Crippen molar-refractivity contribution >= 4 is 12.0 Å². The molecule has 0 saturated carbocycles. The van der Waals surface area contributed by atoms with Crippen LogP contribution in [0.25, 0.3) is 0 Å². The minimum Gasteiger partial charge on any atom is -0.410 e. The Balaban J connectivity index is 1.45. The summed E-state index contributed by atoms with van der Waals surface area (Å²) < 4.78 is 5.52.